The topological polar surface area (TPSA) is 0 Å². The second-order valence-electron chi connectivity index (χ2n) is 21.2. The van der Waals surface area contributed by atoms with Crippen molar-refractivity contribution in [2.24, 2.45) is 0 Å². The van der Waals surface area contributed by atoms with Crippen LogP contribution in [0.5, 0.6) is 0 Å². The second-order valence-corrected chi connectivity index (χ2v) is 21.2. The van der Waals surface area contributed by atoms with Crippen LogP contribution in [0.25, 0.3) is 88.0 Å². The molecule has 0 heteroatoms. The van der Waals surface area contributed by atoms with E-state index in [0.29, 0.717) is 0 Å². The quantitative estimate of drug-likeness (QED) is 0.152. The Morgan fingerprint density at radius 2 is 0.521 bits per heavy atom. The van der Waals surface area contributed by atoms with Crippen molar-refractivity contribution in [1.82, 2.24) is 0 Å². The highest BCUT2D eigenvalue weighted by molar-refractivity contribution is 6.29. The first-order valence-electron chi connectivity index (χ1n) is 25.9. The van der Waals surface area contributed by atoms with Gasteiger partial charge in [0.1, 0.15) is 0 Å². The minimum atomic E-state index is -0.749. The van der Waals surface area contributed by atoms with Gasteiger partial charge in [0.25, 0.3) is 0 Å². The van der Waals surface area contributed by atoms with Crippen LogP contribution >= 0.6 is 0 Å². The highest BCUT2D eigenvalue weighted by atomic mass is 14.6. The van der Waals surface area contributed by atoms with Gasteiger partial charge in [-0.05, 0) is 155 Å². The first kappa shape index (κ1) is 38.6. The Bertz CT molecular complexity index is 4320. The lowest BCUT2D eigenvalue weighted by Crippen LogP contribution is -2.32. The maximum Gasteiger partial charge on any atom is 0.0725 e. The molecule has 0 amide bonds. The fraction of sp³-hybridized carbons (Fsp3) is 0.0411. The van der Waals surface area contributed by atoms with Crippen LogP contribution in [0.15, 0.2) is 255 Å². The maximum absolute atomic E-state index is 2.68. The zero-order chi connectivity index (χ0) is 47.4. The second kappa shape index (κ2) is 13.2. The van der Waals surface area contributed by atoms with E-state index in [9.17, 15) is 0 Å². The van der Waals surface area contributed by atoms with Crippen LogP contribution in [-0.2, 0) is 16.2 Å². The van der Waals surface area contributed by atoms with Gasteiger partial charge in [0.2, 0.25) is 0 Å². The predicted octanol–water partition coefficient (Wildman–Crippen LogP) is 17.6. The Kier molecular flexibility index (Phi) is 7.01. The zero-order valence-corrected chi connectivity index (χ0v) is 39.7. The molecular weight excluding hydrogens is 877 g/mol. The van der Waals surface area contributed by atoms with E-state index in [-0.39, 0.29) is 0 Å². The minimum Gasteiger partial charge on any atom is -0.0619 e. The summed E-state index contributed by atoms with van der Waals surface area (Å²) >= 11 is 0. The molecule has 0 bridgehead atoms. The van der Waals surface area contributed by atoms with Gasteiger partial charge >= 0.3 is 0 Å². The summed E-state index contributed by atoms with van der Waals surface area (Å²) < 4.78 is 0. The van der Waals surface area contributed by atoms with Crippen molar-refractivity contribution in [3.63, 3.8) is 0 Å². The molecule has 0 saturated carbocycles. The first-order chi connectivity index (χ1) is 36.2. The van der Waals surface area contributed by atoms with E-state index in [0.717, 1.165) is 0 Å². The summed E-state index contributed by atoms with van der Waals surface area (Å²) in [6.07, 6.45) is 0. The molecule has 0 atom stereocenters. The van der Waals surface area contributed by atoms with Gasteiger partial charge in [-0.2, -0.15) is 0 Å². The van der Waals surface area contributed by atoms with Gasteiger partial charge in [-0.25, -0.2) is 0 Å². The van der Waals surface area contributed by atoms with Crippen LogP contribution in [0.2, 0.25) is 0 Å². The SMILES string of the molecule is c1ccc2c(c1)-c1ccccc1C21c2ccccc2-c2ccc(C3(c4ccc5c(c4)C4(c6ccccc6-c6ccccc64)c4ccccc4-5)c4ccccc4-c4c3c3cccc5ccc6cccc4c6c53)cc21. The van der Waals surface area contributed by atoms with Crippen molar-refractivity contribution >= 4 is 32.3 Å². The lowest BCUT2D eigenvalue weighted by Gasteiger charge is -2.38. The standard InChI is InChI=1S/C73H42/c1-8-28-58-47(19-1)48-20-2-9-29-59(48)72(58)62-32-12-5-23-51(62)53-39-37-45(41-65(53)72)71(64-34-14-7-25-55(64)69-56-26-15-17-43-35-36-44-18-16-27-57(70(69)71)68(44)67(43)56)46-38-40-54-52-24-6-13-33-63(52)73(66(54)42-46)60-30-10-3-21-49(60)50-22-4-11-31-61(50)73/h1-42H. The number of benzene rings is 13. The molecule has 0 aliphatic heterocycles. The predicted molar refractivity (Wildman–Crippen MR) is 300 cm³/mol. The molecule has 0 radical (unpaired) electrons. The lowest BCUT2D eigenvalue weighted by molar-refractivity contribution is 0.746. The molecule has 0 N–H and O–H groups in total. The van der Waals surface area contributed by atoms with E-state index in [1.54, 1.807) is 0 Å². The van der Waals surface area contributed by atoms with Crippen LogP contribution in [-0.4, -0.2) is 0 Å². The third-order valence-electron chi connectivity index (χ3n) is 18.5. The molecule has 18 rings (SSSR count). The van der Waals surface area contributed by atoms with Crippen molar-refractivity contribution in [2.45, 2.75) is 16.2 Å². The van der Waals surface area contributed by atoms with Gasteiger partial charge in [-0.15, -0.1) is 0 Å². The van der Waals surface area contributed by atoms with Crippen molar-refractivity contribution in [2.75, 3.05) is 0 Å². The Balaban J connectivity index is 1.03. The number of fused-ring (bicyclic) bond motifs is 25. The van der Waals surface area contributed by atoms with Crippen molar-refractivity contribution in [3.8, 4) is 55.6 Å². The van der Waals surface area contributed by atoms with Gasteiger partial charge in [0.05, 0.1) is 16.2 Å². The highest BCUT2D eigenvalue weighted by Crippen LogP contribution is 2.68. The molecule has 334 valence electrons. The van der Waals surface area contributed by atoms with Gasteiger partial charge in [-0.1, -0.05) is 255 Å². The summed E-state index contributed by atoms with van der Waals surface area (Å²) in [4.78, 5) is 0. The van der Waals surface area contributed by atoms with Gasteiger partial charge < -0.3 is 0 Å². The number of rotatable bonds is 2. The Morgan fingerprint density at radius 3 is 0.918 bits per heavy atom. The molecular formula is C73H42. The molecule has 0 unspecified atom stereocenters. The highest BCUT2D eigenvalue weighted by Gasteiger charge is 2.56. The molecule has 73 heavy (non-hydrogen) atoms. The summed E-state index contributed by atoms with van der Waals surface area (Å²) in [7, 11) is 0. The Hall–Kier alpha value is -9.10. The summed E-state index contributed by atoms with van der Waals surface area (Å²) in [5.74, 6) is 0. The third kappa shape index (κ3) is 4.23. The molecule has 13 aromatic rings. The molecule has 5 aliphatic rings. The number of hydrogen-bond acceptors (Lipinski definition) is 0. The lowest BCUT2D eigenvalue weighted by atomic mass is 9.63. The van der Waals surface area contributed by atoms with E-state index in [1.165, 1.54) is 155 Å². The average Bonchev–Trinajstić information content (AvgIpc) is 4.23. The van der Waals surface area contributed by atoms with Gasteiger partial charge in [0.15, 0.2) is 0 Å². The van der Waals surface area contributed by atoms with Gasteiger partial charge in [-0.3, -0.25) is 0 Å². The van der Waals surface area contributed by atoms with Crippen molar-refractivity contribution in [1.29, 1.82) is 0 Å². The molecule has 0 nitrogen and oxygen atoms in total. The van der Waals surface area contributed by atoms with E-state index < -0.39 is 16.2 Å². The zero-order valence-electron chi connectivity index (χ0n) is 39.7. The fourth-order valence-corrected chi connectivity index (χ4v) is 16.1. The Morgan fingerprint density at radius 1 is 0.205 bits per heavy atom. The van der Waals surface area contributed by atoms with E-state index >= 15 is 0 Å². The molecule has 0 saturated heterocycles. The maximum atomic E-state index is 2.68. The van der Waals surface area contributed by atoms with E-state index in [2.05, 4.69) is 255 Å². The molecule has 13 aromatic carbocycles. The minimum absolute atomic E-state index is 0.503. The van der Waals surface area contributed by atoms with E-state index in [1.807, 2.05) is 0 Å². The average molecular weight is 919 g/mol. The van der Waals surface area contributed by atoms with Crippen LogP contribution in [0.3, 0.4) is 0 Å². The smallest absolute Gasteiger partial charge is 0.0619 e. The monoisotopic (exact) mass is 918 g/mol. The first-order valence-corrected chi connectivity index (χ1v) is 25.9. The van der Waals surface area contributed by atoms with Crippen LogP contribution in [0.4, 0.5) is 0 Å². The normalized spacial score (nSPS) is 15.5. The van der Waals surface area contributed by atoms with E-state index in [4.69, 9.17) is 0 Å². The number of hydrogen-bond donors (Lipinski definition) is 0. The van der Waals surface area contributed by atoms with Crippen LogP contribution in [0.1, 0.15) is 66.8 Å². The molecule has 0 aromatic heterocycles. The van der Waals surface area contributed by atoms with Crippen molar-refractivity contribution in [3.05, 3.63) is 322 Å². The summed E-state index contributed by atoms with van der Waals surface area (Å²) in [5, 5.41) is 7.89. The molecule has 0 fully saturated rings. The summed E-state index contributed by atoms with van der Waals surface area (Å²) in [5.41, 5.74) is 27.6. The third-order valence-corrected chi connectivity index (χ3v) is 18.5. The largest absolute Gasteiger partial charge is 0.0725 e. The summed E-state index contributed by atoms with van der Waals surface area (Å²) in [6, 6.07) is 98.9. The molecule has 5 aliphatic carbocycles. The van der Waals surface area contributed by atoms with Gasteiger partial charge in [0, 0.05) is 0 Å². The molecule has 2 spiro atoms. The summed E-state index contributed by atoms with van der Waals surface area (Å²) in [6.45, 7) is 0. The Labute approximate surface area is 423 Å². The van der Waals surface area contributed by atoms with Crippen molar-refractivity contribution < 1.29 is 0 Å². The van der Waals surface area contributed by atoms with Crippen LogP contribution in [0, 0.1) is 0 Å². The fourth-order valence-electron chi connectivity index (χ4n) is 16.1. The van der Waals surface area contributed by atoms with Crippen LogP contribution < -0.4 is 0 Å². The molecule has 0 heterocycles.